The van der Waals surface area contributed by atoms with Crippen LogP contribution in [0.5, 0.6) is 0 Å². The minimum absolute atomic E-state index is 0.0368. The Morgan fingerprint density at radius 1 is 1.30 bits per heavy atom. The van der Waals surface area contributed by atoms with Crippen molar-refractivity contribution in [2.75, 3.05) is 12.9 Å². The van der Waals surface area contributed by atoms with Gasteiger partial charge in [0.15, 0.2) is 5.65 Å². The van der Waals surface area contributed by atoms with Gasteiger partial charge in [0, 0.05) is 25.3 Å². The van der Waals surface area contributed by atoms with Gasteiger partial charge in [-0.2, -0.15) is 17.7 Å². The summed E-state index contributed by atoms with van der Waals surface area (Å²) >= 11 is 4.04. The number of nitrogens with zero attached hydrogens (tertiary/aromatic N) is 4. The first-order valence-corrected chi connectivity index (χ1v) is 9.59. The number of hydrogen-bond donors (Lipinski definition) is 2. The fraction of sp³-hybridized carbons (Fsp3) is 0.200. The summed E-state index contributed by atoms with van der Waals surface area (Å²) in [6.45, 7) is 0.190. The van der Waals surface area contributed by atoms with Gasteiger partial charge < -0.3 is 9.84 Å². The van der Waals surface area contributed by atoms with E-state index in [-0.39, 0.29) is 23.6 Å². The van der Waals surface area contributed by atoms with Crippen LogP contribution in [0.3, 0.4) is 0 Å². The molecule has 0 bridgehead atoms. The number of methoxy groups -OCH3 is 1. The Morgan fingerprint density at radius 2 is 2.03 bits per heavy atom. The number of benzene rings is 1. The fourth-order valence-electron chi connectivity index (χ4n) is 3.41. The Morgan fingerprint density at radius 3 is 2.67 bits per heavy atom. The molecule has 10 heteroatoms. The number of carboxylic acids is 1. The third-order valence-corrected chi connectivity index (χ3v) is 5.17. The van der Waals surface area contributed by atoms with E-state index in [1.54, 1.807) is 18.2 Å². The lowest BCUT2D eigenvalue weighted by Crippen LogP contribution is -2.31. The zero-order chi connectivity index (χ0) is 21.4. The van der Waals surface area contributed by atoms with Crippen molar-refractivity contribution in [2.45, 2.75) is 12.6 Å². The van der Waals surface area contributed by atoms with Crippen molar-refractivity contribution < 1.29 is 19.0 Å². The first kappa shape index (κ1) is 20.0. The van der Waals surface area contributed by atoms with Gasteiger partial charge in [0.25, 0.3) is 5.56 Å². The average Bonchev–Trinajstić information content (AvgIpc) is 3.09. The quantitative estimate of drug-likeness (QED) is 0.458. The van der Waals surface area contributed by atoms with Crippen molar-refractivity contribution >= 4 is 35.1 Å². The van der Waals surface area contributed by atoms with Crippen molar-refractivity contribution in [3.8, 4) is 11.1 Å². The molecule has 154 valence electrons. The van der Waals surface area contributed by atoms with Crippen molar-refractivity contribution in [1.82, 2.24) is 19.2 Å². The van der Waals surface area contributed by atoms with Crippen LogP contribution in [0, 0.1) is 5.82 Å². The highest BCUT2D eigenvalue weighted by Gasteiger charge is 2.22. The maximum absolute atomic E-state index is 13.4. The molecule has 4 aromatic rings. The van der Waals surface area contributed by atoms with Crippen LogP contribution in [0.2, 0.25) is 0 Å². The van der Waals surface area contributed by atoms with Gasteiger partial charge in [0.05, 0.1) is 28.8 Å². The Balaban J connectivity index is 2.00. The maximum Gasteiger partial charge on any atom is 0.327 e. The second-order valence-electron chi connectivity index (χ2n) is 6.62. The van der Waals surface area contributed by atoms with E-state index in [2.05, 4.69) is 22.7 Å². The molecule has 0 fully saturated rings. The highest BCUT2D eigenvalue weighted by molar-refractivity contribution is 7.80. The number of halogens is 1. The molecule has 3 heterocycles. The van der Waals surface area contributed by atoms with E-state index in [9.17, 15) is 19.1 Å². The molecule has 0 aliphatic heterocycles. The Hall–Kier alpha value is -3.24. The van der Waals surface area contributed by atoms with Crippen LogP contribution in [0.15, 0.2) is 47.5 Å². The smallest absolute Gasteiger partial charge is 0.327 e. The normalized spacial score (nSPS) is 12.5. The lowest BCUT2D eigenvalue weighted by Gasteiger charge is -2.14. The van der Waals surface area contributed by atoms with Gasteiger partial charge in [-0.05, 0) is 23.8 Å². The topological polar surface area (TPSA) is 98.7 Å². The van der Waals surface area contributed by atoms with Gasteiger partial charge in [-0.25, -0.2) is 18.7 Å². The number of carbonyl (C=O) groups is 1. The molecule has 1 atom stereocenters. The number of ether oxygens (including phenoxy) is 1. The number of aromatic nitrogens is 4. The predicted molar refractivity (Wildman–Crippen MR) is 111 cm³/mol. The number of fused-ring (bicyclic) bond motifs is 3. The van der Waals surface area contributed by atoms with Gasteiger partial charge in [-0.1, -0.05) is 12.1 Å². The Kier molecular flexibility index (Phi) is 5.27. The lowest BCUT2D eigenvalue weighted by atomic mass is 10.1. The minimum atomic E-state index is -1.15. The molecule has 0 aliphatic carbocycles. The number of thiol groups is 1. The zero-order valence-electron chi connectivity index (χ0n) is 15.8. The van der Waals surface area contributed by atoms with E-state index in [0.29, 0.717) is 28.0 Å². The van der Waals surface area contributed by atoms with Crippen LogP contribution in [0.4, 0.5) is 4.39 Å². The highest BCUT2D eigenvalue weighted by Crippen LogP contribution is 2.29. The van der Waals surface area contributed by atoms with E-state index in [0.717, 1.165) is 4.57 Å². The zero-order valence-corrected chi connectivity index (χ0v) is 16.7. The molecule has 30 heavy (non-hydrogen) atoms. The SMILES string of the molecule is COCc1nn2c(ncc3c(=O)n([C@@H](CS)C(=O)O)ccc32)c1-c1ccc(F)cc1. The van der Waals surface area contributed by atoms with E-state index in [1.165, 1.54) is 36.2 Å². The molecule has 3 aromatic heterocycles. The molecule has 1 N–H and O–H groups in total. The molecule has 0 saturated carbocycles. The summed E-state index contributed by atoms with van der Waals surface area (Å²) < 4.78 is 21.3. The third kappa shape index (κ3) is 3.23. The van der Waals surface area contributed by atoms with E-state index >= 15 is 0 Å². The monoisotopic (exact) mass is 428 g/mol. The number of carboxylic acid groups (broad SMARTS) is 1. The number of hydrogen-bond acceptors (Lipinski definition) is 6. The highest BCUT2D eigenvalue weighted by atomic mass is 32.1. The molecule has 0 spiro atoms. The van der Waals surface area contributed by atoms with E-state index in [1.807, 2.05) is 0 Å². The van der Waals surface area contributed by atoms with Crippen molar-refractivity contribution in [2.24, 2.45) is 0 Å². The summed E-state index contributed by atoms with van der Waals surface area (Å²) in [4.78, 5) is 28.8. The Labute approximate surface area is 175 Å². The second-order valence-corrected chi connectivity index (χ2v) is 6.98. The first-order valence-electron chi connectivity index (χ1n) is 8.96. The standard InChI is InChI=1S/C20H17FN4O4S/c1-29-9-14-17(11-2-4-12(21)5-3-11)18-22-8-13-15(25(18)23-14)6-7-24(19(13)26)16(10-30)20(27)28/h2-8,16,30H,9-10H2,1H3,(H,27,28)/t16-/m0/s1. The average molecular weight is 428 g/mol. The fourth-order valence-corrected chi connectivity index (χ4v) is 3.74. The van der Waals surface area contributed by atoms with Crippen molar-refractivity contribution in [3.05, 3.63) is 64.6 Å². The molecular formula is C20H17FN4O4S. The number of aliphatic carboxylic acids is 1. The molecule has 0 saturated heterocycles. The number of pyridine rings is 1. The molecule has 0 amide bonds. The van der Waals surface area contributed by atoms with Crippen LogP contribution < -0.4 is 5.56 Å². The predicted octanol–water partition coefficient (Wildman–Crippen LogP) is 2.55. The van der Waals surface area contributed by atoms with Crippen molar-refractivity contribution in [1.29, 1.82) is 0 Å². The molecule has 1 aromatic carbocycles. The van der Waals surface area contributed by atoms with Crippen LogP contribution in [-0.2, 0) is 16.1 Å². The third-order valence-electron chi connectivity index (χ3n) is 4.82. The van der Waals surface area contributed by atoms with E-state index < -0.39 is 17.6 Å². The first-order chi connectivity index (χ1) is 14.5. The van der Waals surface area contributed by atoms with Gasteiger partial charge in [0.1, 0.15) is 11.9 Å². The van der Waals surface area contributed by atoms with Crippen LogP contribution in [0.1, 0.15) is 11.7 Å². The maximum atomic E-state index is 13.4. The lowest BCUT2D eigenvalue weighted by molar-refractivity contribution is -0.140. The largest absolute Gasteiger partial charge is 0.480 e. The summed E-state index contributed by atoms with van der Waals surface area (Å²) in [6.07, 6.45) is 2.81. The molecular weight excluding hydrogens is 411 g/mol. The van der Waals surface area contributed by atoms with Crippen LogP contribution >= 0.6 is 12.6 Å². The number of rotatable bonds is 6. The van der Waals surface area contributed by atoms with Gasteiger partial charge in [-0.3, -0.25) is 9.36 Å². The van der Waals surface area contributed by atoms with Gasteiger partial charge >= 0.3 is 5.97 Å². The van der Waals surface area contributed by atoms with Gasteiger partial charge in [-0.15, -0.1) is 0 Å². The molecule has 8 nitrogen and oxygen atoms in total. The summed E-state index contributed by atoms with van der Waals surface area (Å²) in [5.74, 6) is -1.55. The molecule has 0 radical (unpaired) electrons. The van der Waals surface area contributed by atoms with Crippen LogP contribution in [-0.4, -0.2) is 43.1 Å². The minimum Gasteiger partial charge on any atom is -0.480 e. The summed E-state index contributed by atoms with van der Waals surface area (Å²) in [6, 6.07) is 6.46. The van der Waals surface area contributed by atoms with Gasteiger partial charge in [0.2, 0.25) is 0 Å². The summed E-state index contributed by atoms with van der Waals surface area (Å²) in [5, 5.41) is 14.1. The van der Waals surface area contributed by atoms with Crippen molar-refractivity contribution in [3.63, 3.8) is 0 Å². The molecule has 0 aliphatic rings. The van der Waals surface area contributed by atoms with Crippen LogP contribution in [0.25, 0.3) is 27.7 Å². The molecule has 4 rings (SSSR count). The summed E-state index contributed by atoms with van der Waals surface area (Å²) in [7, 11) is 1.53. The Bertz CT molecular complexity index is 1320. The second kappa shape index (κ2) is 7.88. The molecule has 0 unspecified atom stereocenters. The summed E-state index contributed by atoms with van der Waals surface area (Å²) in [5.41, 5.74) is 2.39. The van der Waals surface area contributed by atoms with E-state index in [4.69, 9.17) is 4.74 Å².